The number of hydrogen-bond donors (Lipinski definition) is 10. The number of benzene rings is 1. The van der Waals surface area contributed by atoms with Gasteiger partial charge in [0, 0.05) is 19.9 Å². The molecule has 5 amide bonds. The summed E-state index contributed by atoms with van der Waals surface area (Å²) < 4.78 is 0. The molecule has 18 heteroatoms. The summed E-state index contributed by atoms with van der Waals surface area (Å²) in [6.45, 7) is 3.45. The van der Waals surface area contributed by atoms with E-state index in [4.69, 9.17) is 11.5 Å². The number of nitrogens with two attached hydrogens (primary N) is 2. The van der Waals surface area contributed by atoms with Gasteiger partial charge in [0.2, 0.25) is 29.5 Å². The smallest absolute Gasteiger partial charge is 0.326 e. The van der Waals surface area contributed by atoms with Crippen molar-refractivity contribution in [1.29, 1.82) is 0 Å². The van der Waals surface area contributed by atoms with Crippen LogP contribution < -0.4 is 38.1 Å². The second kappa shape index (κ2) is 20.0. The van der Waals surface area contributed by atoms with E-state index in [-0.39, 0.29) is 31.8 Å². The maximum Gasteiger partial charge on any atom is 0.326 e. The summed E-state index contributed by atoms with van der Waals surface area (Å²) in [5, 5.41) is 40.1. The van der Waals surface area contributed by atoms with Gasteiger partial charge in [0.25, 0.3) is 0 Å². The number of carbonyl (C=O) groups is 7. The van der Waals surface area contributed by atoms with E-state index < -0.39 is 90.6 Å². The van der Waals surface area contributed by atoms with E-state index in [1.54, 1.807) is 44.2 Å². The molecule has 47 heavy (non-hydrogen) atoms. The van der Waals surface area contributed by atoms with Gasteiger partial charge in [-0.15, -0.1) is 0 Å². The molecule has 0 heterocycles. The number of aliphatic carboxylic acids is 2. The zero-order chi connectivity index (χ0) is 35.7. The van der Waals surface area contributed by atoms with Gasteiger partial charge in [0.1, 0.15) is 30.2 Å². The zero-order valence-electron chi connectivity index (χ0n) is 26.4. The lowest BCUT2D eigenvalue weighted by Gasteiger charge is -2.27. The standard InChI is InChI=1S/C29H44N8O10/c1-15(2)23(28(46)47)37-26(44)19(12-17-8-5-4-6-9-17)35-24(42)18(10-7-11-32-29(30)31)34-25(43)20(13-22(40)41)36-27(45)21(14-38)33-16(3)39/h4-6,8-9,15,18-21,23,38H,7,10-14H2,1-3H3,(H,33,39)(H,34,43)(H,35,42)(H,36,45)(H,37,44)(H,40,41)(H,46,47)(H4,30,31,32)/t18-,19-,20-,21-,23-/m0/s1. The summed E-state index contributed by atoms with van der Waals surface area (Å²) in [7, 11) is 0. The Morgan fingerprint density at radius 3 is 1.81 bits per heavy atom. The highest BCUT2D eigenvalue weighted by molar-refractivity contribution is 5.97. The van der Waals surface area contributed by atoms with Gasteiger partial charge in [0.15, 0.2) is 5.96 Å². The van der Waals surface area contributed by atoms with Crippen molar-refractivity contribution in [2.45, 2.75) is 76.7 Å². The minimum absolute atomic E-state index is 0.0365. The summed E-state index contributed by atoms with van der Waals surface area (Å²) in [4.78, 5) is 91.3. The van der Waals surface area contributed by atoms with Crippen LogP contribution in [-0.4, -0.2) is 106 Å². The normalized spacial score (nSPS) is 13.9. The largest absolute Gasteiger partial charge is 0.481 e. The van der Waals surface area contributed by atoms with Crippen molar-refractivity contribution in [2.24, 2.45) is 22.4 Å². The number of aliphatic imine (C=N–C) groups is 1. The Kier molecular flexibility index (Phi) is 16.9. The minimum atomic E-state index is -1.75. The van der Waals surface area contributed by atoms with Gasteiger partial charge in [-0.25, -0.2) is 4.79 Å². The molecular formula is C29H44N8O10. The molecule has 1 aromatic carbocycles. The number of aliphatic hydroxyl groups is 1. The molecule has 0 aromatic heterocycles. The fraction of sp³-hybridized carbons (Fsp3) is 0.517. The third kappa shape index (κ3) is 15.0. The molecule has 0 aliphatic heterocycles. The molecule has 1 rings (SSSR count). The number of amides is 5. The van der Waals surface area contributed by atoms with E-state index in [0.717, 1.165) is 6.92 Å². The lowest BCUT2D eigenvalue weighted by Crippen LogP contribution is -2.60. The van der Waals surface area contributed by atoms with Crippen molar-refractivity contribution >= 4 is 47.4 Å². The van der Waals surface area contributed by atoms with Crippen molar-refractivity contribution in [3.8, 4) is 0 Å². The minimum Gasteiger partial charge on any atom is -0.481 e. The average Bonchev–Trinajstić information content (AvgIpc) is 2.98. The molecule has 0 spiro atoms. The van der Waals surface area contributed by atoms with Crippen molar-refractivity contribution in [3.63, 3.8) is 0 Å². The van der Waals surface area contributed by atoms with Crippen LogP contribution in [0.25, 0.3) is 0 Å². The van der Waals surface area contributed by atoms with Gasteiger partial charge in [0.05, 0.1) is 13.0 Å². The summed E-state index contributed by atoms with van der Waals surface area (Å²) in [6.07, 6.45) is -0.966. The van der Waals surface area contributed by atoms with Crippen LogP contribution in [0.3, 0.4) is 0 Å². The van der Waals surface area contributed by atoms with Gasteiger partial charge in [-0.05, 0) is 24.3 Å². The van der Waals surface area contributed by atoms with Crippen molar-refractivity contribution in [3.05, 3.63) is 35.9 Å². The number of hydrogen-bond acceptors (Lipinski definition) is 9. The monoisotopic (exact) mass is 664 g/mol. The van der Waals surface area contributed by atoms with E-state index in [9.17, 15) is 48.9 Å². The molecule has 0 aliphatic rings. The Bertz CT molecular complexity index is 1290. The second-order valence-electron chi connectivity index (χ2n) is 10.9. The van der Waals surface area contributed by atoms with Crippen LogP contribution in [0.15, 0.2) is 35.3 Å². The van der Waals surface area contributed by atoms with E-state index in [1.807, 2.05) is 0 Å². The number of rotatable bonds is 20. The van der Waals surface area contributed by atoms with Crippen LogP contribution in [0.2, 0.25) is 0 Å². The molecule has 12 N–H and O–H groups in total. The fourth-order valence-electron chi connectivity index (χ4n) is 4.24. The van der Waals surface area contributed by atoms with E-state index in [2.05, 4.69) is 31.6 Å². The molecule has 0 unspecified atom stereocenters. The maximum atomic E-state index is 13.6. The third-order valence-corrected chi connectivity index (χ3v) is 6.61. The quantitative estimate of drug-likeness (QED) is 0.0377. The van der Waals surface area contributed by atoms with Gasteiger partial charge in [-0.1, -0.05) is 44.2 Å². The highest BCUT2D eigenvalue weighted by atomic mass is 16.4. The first-order valence-corrected chi connectivity index (χ1v) is 14.7. The van der Waals surface area contributed by atoms with Crippen LogP contribution in [0.1, 0.15) is 45.6 Å². The molecule has 0 bridgehead atoms. The number of guanidine groups is 1. The van der Waals surface area contributed by atoms with Crippen LogP contribution in [0, 0.1) is 5.92 Å². The number of carboxylic acids is 2. The van der Waals surface area contributed by atoms with Crippen LogP contribution in [0.5, 0.6) is 0 Å². The predicted molar refractivity (Wildman–Crippen MR) is 167 cm³/mol. The van der Waals surface area contributed by atoms with E-state index in [1.165, 1.54) is 0 Å². The Morgan fingerprint density at radius 1 is 0.766 bits per heavy atom. The molecule has 18 nitrogen and oxygen atoms in total. The highest BCUT2D eigenvalue weighted by Crippen LogP contribution is 2.09. The molecule has 0 aliphatic carbocycles. The second-order valence-corrected chi connectivity index (χ2v) is 10.9. The number of carboxylic acid groups (broad SMARTS) is 2. The Labute approximate surface area is 271 Å². The van der Waals surface area contributed by atoms with E-state index in [0.29, 0.717) is 5.56 Å². The molecule has 0 saturated carbocycles. The molecule has 1 aromatic rings. The predicted octanol–water partition coefficient (Wildman–Crippen LogP) is -3.07. The van der Waals surface area contributed by atoms with Crippen molar-refractivity contribution in [1.82, 2.24) is 26.6 Å². The topological polar surface area (TPSA) is 305 Å². The summed E-state index contributed by atoms with van der Waals surface area (Å²) >= 11 is 0. The number of carbonyl (C=O) groups excluding carboxylic acids is 5. The Morgan fingerprint density at radius 2 is 1.30 bits per heavy atom. The summed E-state index contributed by atoms with van der Waals surface area (Å²) in [6, 6.07) is 1.30. The van der Waals surface area contributed by atoms with Crippen molar-refractivity contribution < 1.29 is 48.9 Å². The lowest BCUT2D eigenvalue weighted by atomic mass is 10.0. The Hall–Kier alpha value is -5.26. The molecule has 0 saturated heterocycles. The fourth-order valence-corrected chi connectivity index (χ4v) is 4.24. The SMILES string of the molecule is CC(=O)N[C@@H](CO)C(=O)N[C@@H](CC(=O)O)C(=O)N[C@@H](CCCN=C(N)N)C(=O)N[C@@H](Cc1ccccc1)C(=O)N[C@H](C(=O)O)C(C)C. The Balaban J connectivity index is 3.35. The lowest BCUT2D eigenvalue weighted by molar-refractivity contribution is -0.143. The molecule has 0 fully saturated rings. The maximum absolute atomic E-state index is 13.6. The highest BCUT2D eigenvalue weighted by Gasteiger charge is 2.33. The third-order valence-electron chi connectivity index (χ3n) is 6.61. The molecule has 5 atom stereocenters. The number of aliphatic hydroxyl groups excluding tert-OH is 1. The van der Waals surface area contributed by atoms with Gasteiger partial charge in [-0.3, -0.25) is 33.8 Å². The molecule has 260 valence electrons. The first-order chi connectivity index (χ1) is 22.0. The zero-order valence-corrected chi connectivity index (χ0v) is 26.4. The van der Waals surface area contributed by atoms with Gasteiger partial charge < -0.3 is 53.4 Å². The first kappa shape index (κ1) is 39.8. The van der Waals surface area contributed by atoms with Crippen molar-refractivity contribution in [2.75, 3.05) is 13.2 Å². The van der Waals surface area contributed by atoms with Gasteiger partial charge >= 0.3 is 11.9 Å². The number of nitrogens with one attached hydrogen (secondary N) is 5. The summed E-state index contributed by atoms with van der Waals surface area (Å²) in [5.41, 5.74) is 11.3. The molecule has 0 radical (unpaired) electrons. The number of nitrogens with zero attached hydrogens (tertiary/aromatic N) is 1. The molecular weight excluding hydrogens is 620 g/mol. The average molecular weight is 665 g/mol. The van der Waals surface area contributed by atoms with Crippen LogP contribution >= 0.6 is 0 Å². The van der Waals surface area contributed by atoms with Crippen LogP contribution in [0.4, 0.5) is 0 Å². The first-order valence-electron chi connectivity index (χ1n) is 14.7. The van der Waals surface area contributed by atoms with E-state index >= 15 is 0 Å². The van der Waals surface area contributed by atoms with Gasteiger partial charge in [-0.2, -0.15) is 0 Å². The van der Waals surface area contributed by atoms with Crippen LogP contribution in [-0.2, 0) is 40.0 Å². The summed E-state index contributed by atoms with van der Waals surface area (Å²) in [5.74, 6) is -8.02.